The lowest BCUT2D eigenvalue weighted by Crippen LogP contribution is -1.88. The molecule has 0 aliphatic rings. The first-order valence-electron chi connectivity index (χ1n) is 4.87. The van der Waals surface area contributed by atoms with Gasteiger partial charge < -0.3 is 0 Å². The lowest BCUT2D eigenvalue weighted by Gasteiger charge is -2.03. The van der Waals surface area contributed by atoms with Gasteiger partial charge >= 0.3 is 0 Å². The van der Waals surface area contributed by atoms with Crippen LogP contribution >= 0.6 is 0 Å². The van der Waals surface area contributed by atoms with Crippen molar-refractivity contribution >= 4 is 6.29 Å². The van der Waals surface area contributed by atoms with Crippen LogP contribution in [0.4, 0.5) is 4.39 Å². The van der Waals surface area contributed by atoms with Crippen LogP contribution in [0, 0.1) is 12.7 Å². The van der Waals surface area contributed by atoms with E-state index in [1.807, 2.05) is 6.07 Å². The monoisotopic (exact) mass is 215 g/mol. The molecule has 0 atom stereocenters. The maximum Gasteiger partial charge on any atom is 0.151 e. The van der Waals surface area contributed by atoms with E-state index in [1.165, 1.54) is 12.3 Å². The number of hydrogen-bond donors (Lipinski definition) is 0. The molecule has 0 radical (unpaired) electrons. The molecule has 0 N–H and O–H groups in total. The summed E-state index contributed by atoms with van der Waals surface area (Å²) >= 11 is 0. The van der Waals surface area contributed by atoms with E-state index in [2.05, 4.69) is 4.98 Å². The minimum Gasteiger partial charge on any atom is -0.298 e. The Labute approximate surface area is 92.8 Å². The zero-order valence-corrected chi connectivity index (χ0v) is 8.77. The number of hydrogen-bond acceptors (Lipinski definition) is 2. The highest BCUT2D eigenvalue weighted by Gasteiger charge is 2.03. The third-order valence-corrected chi connectivity index (χ3v) is 2.40. The third-order valence-electron chi connectivity index (χ3n) is 2.40. The third kappa shape index (κ3) is 1.98. The van der Waals surface area contributed by atoms with E-state index in [0.717, 1.165) is 17.4 Å². The molecule has 0 bridgehead atoms. The largest absolute Gasteiger partial charge is 0.298 e. The summed E-state index contributed by atoms with van der Waals surface area (Å²) in [5, 5.41) is 0. The molecule has 0 aliphatic carbocycles. The van der Waals surface area contributed by atoms with Crippen LogP contribution in [-0.4, -0.2) is 11.3 Å². The molecule has 0 saturated carbocycles. The summed E-state index contributed by atoms with van der Waals surface area (Å²) in [6.45, 7) is 1.71. The number of aryl methyl sites for hydroxylation is 1. The molecular formula is C13H10FNO. The predicted octanol–water partition coefficient (Wildman–Crippen LogP) is 3.01. The van der Waals surface area contributed by atoms with Gasteiger partial charge in [0.25, 0.3) is 0 Å². The molecule has 2 aromatic rings. The van der Waals surface area contributed by atoms with Crippen LogP contribution in [-0.2, 0) is 0 Å². The summed E-state index contributed by atoms with van der Waals surface area (Å²) in [6.07, 6.45) is 3.80. The fourth-order valence-corrected chi connectivity index (χ4v) is 1.45. The number of halogens is 1. The molecule has 80 valence electrons. The Morgan fingerprint density at radius 1 is 1.19 bits per heavy atom. The Bertz CT molecular complexity index is 537. The van der Waals surface area contributed by atoms with E-state index in [0.29, 0.717) is 11.1 Å². The summed E-state index contributed by atoms with van der Waals surface area (Å²) in [6, 6.07) is 6.65. The van der Waals surface area contributed by atoms with Gasteiger partial charge in [0.1, 0.15) is 5.82 Å². The normalized spacial score (nSPS) is 10.1. The summed E-state index contributed by atoms with van der Waals surface area (Å²) in [5.74, 6) is -0.256. The lowest BCUT2D eigenvalue weighted by atomic mass is 10.0. The van der Waals surface area contributed by atoms with Crippen LogP contribution in [0.3, 0.4) is 0 Å². The molecule has 3 heteroatoms. The molecule has 1 heterocycles. The van der Waals surface area contributed by atoms with E-state index in [9.17, 15) is 9.18 Å². The van der Waals surface area contributed by atoms with Gasteiger partial charge in [-0.05, 0) is 30.2 Å². The molecule has 2 rings (SSSR count). The van der Waals surface area contributed by atoms with Crippen LogP contribution in [0.1, 0.15) is 15.9 Å². The Hall–Kier alpha value is -2.03. The van der Waals surface area contributed by atoms with Gasteiger partial charge in [-0.2, -0.15) is 0 Å². The first-order chi connectivity index (χ1) is 7.70. The van der Waals surface area contributed by atoms with Crippen molar-refractivity contribution in [1.29, 1.82) is 0 Å². The predicted molar refractivity (Wildman–Crippen MR) is 59.8 cm³/mol. The second-order valence-corrected chi connectivity index (χ2v) is 3.59. The first kappa shape index (κ1) is 10.5. The number of carbonyl (C=O) groups is 1. The summed E-state index contributed by atoms with van der Waals surface area (Å²) in [4.78, 5) is 14.5. The van der Waals surface area contributed by atoms with E-state index in [4.69, 9.17) is 0 Å². The molecule has 0 fully saturated rings. The highest BCUT2D eigenvalue weighted by molar-refractivity contribution is 5.77. The fraction of sp³-hybridized carbons (Fsp3) is 0.0769. The van der Waals surface area contributed by atoms with Crippen molar-refractivity contribution < 1.29 is 9.18 Å². The van der Waals surface area contributed by atoms with Gasteiger partial charge in [-0.15, -0.1) is 0 Å². The zero-order chi connectivity index (χ0) is 11.5. The summed E-state index contributed by atoms with van der Waals surface area (Å²) < 4.78 is 13.4. The van der Waals surface area contributed by atoms with Gasteiger partial charge in [-0.25, -0.2) is 4.39 Å². The molecule has 0 amide bonds. The maximum atomic E-state index is 13.4. The van der Waals surface area contributed by atoms with Crippen LogP contribution in [0.2, 0.25) is 0 Å². The number of aromatic nitrogens is 1. The van der Waals surface area contributed by atoms with Crippen LogP contribution < -0.4 is 0 Å². The molecule has 1 aromatic carbocycles. The molecular weight excluding hydrogens is 205 g/mol. The number of aldehydes is 1. The van der Waals surface area contributed by atoms with Gasteiger partial charge in [0.15, 0.2) is 6.29 Å². The summed E-state index contributed by atoms with van der Waals surface area (Å²) in [5.41, 5.74) is 2.55. The Kier molecular flexibility index (Phi) is 2.77. The SMILES string of the molecule is Cc1ccc(-c2cncc(C=O)c2)cc1F. The van der Waals surface area contributed by atoms with E-state index in [1.54, 1.807) is 25.3 Å². The number of nitrogens with zero attached hydrogens (tertiary/aromatic N) is 1. The minimum absolute atomic E-state index is 0.256. The molecule has 0 spiro atoms. The molecule has 2 nitrogen and oxygen atoms in total. The second kappa shape index (κ2) is 4.23. The first-order valence-corrected chi connectivity index (χ1v) is 4.87. The smallest absolute Gasteiger partial charge is 0.151 e. The fourth-order valence-electron chi connectivity index (χ4n) is 1.45. The van der Waals surface area contributed by atoms with E-state index < -0.39 is 0 Å². The molecule has 1 aromatic heterocycles. The average molecular weight is 215 g/mol. The number of carbonyl (C=O) groups excluding carboxylic acids is 1. The maximum absolute atomic E-state index is 13.4. The van der Waals surface area contributed by atoms with Crippen molar-refractivity contribution in [1.82, 2.24) is 4.98 Å². The molecule has 0 aliphatic heterocycles. The van der Waals surface area contributed by atoms with Gasteiger partial charge in [-0.1, -0.05) is 12.1 Å². The lowest BCUT2D eigenvalue weighted by molar-refractivity contribution is 0.112. The van der Waals surface area contributed by atoms with Gasteiger partial charge in [0.05, 0.1) is 0 Å². The van der Waals surface area contributed by atoms with Crippen LogP contribution in [0.15, 0.2) is 36.7 Å². The van der Waals surface area contributed by atoms with Gasteiger partial charge in [-0.3, -0.25) is 9.78 Å². The van der Waals surface area contributed by atoms with Crippen molar-refractivity contribution in [2.24, 2.45) is 0 Å². The number of rotatable bonds is 2. The number of benzene rings is 1. The second-order valence-electron chi connectivity index (χ2n) is 3.59. The van der Waals surface area contributed by atoms with E-state index >= 15 is 0 Å². The molecule has 0 unspecified atom stereocenters. The highest BCUT2D eigenvalue weighted by Crippen LogP contribution is 2.21. The Morgan fingerprint density at radius 3 is 2.69 bits per heavy atom. The van der Waals surface area contributed by atoms with Gasteiger partial charge in [0, 0.05) is 23.5 Å². The van der Waals surface area contributed by atoms with Crippen LogP contribution in [0.5, 0.6) is 0 Å². The van der Waals surface area contributed by atoms with Crippen molar-refractivity contribution in [3.05, 3.63) is 53.6 Å². The number of pyridine rings is 1. The topological polar surface area (TPSA) is 30.0 Å². The Balaban J connectivity index is 2.49. The van der Waals surface area contributed by atoms with Crippen molar-refractivity contribution in [3.8, 4) is 11.1 Å². The van der Waals surface area contributed by atoms with Crippen LogP contribution in [0.25, 0.3) is 11.1 Å². The van der Waals surface area contributed by atoms with Gasteiger partial charge in [0.2, 0.25) is 0 Å². The molecule has 16 heavy (non-hydrogen) atoms. The standard InChI is InChI=1S/C13H10FNO/c1-9-2-3-11(5-13(9)14)12-4-10(8-16)6-15-7-12/h2-8H,1H3. The average Bonchev–Trinajstić information content (AvgIpc) is 2.33. The summed E-state index contributed by atoms with van der Waals surface area (Å²) in [7, 11) is 0. The highest BCUT2D eigenvalue weighted by atomic mass is 19.1. The van der Waals surface area contributed by atoms with E-state index in [-0.39, 0.29) is 5.82 Å². The van der Waals surface area contributed by atoms with Crippen molar-refractivity contribution in [3.63, 3.8) is 0 Å². The quantitative estimate of drug-likeness (QED) is 0.721. The minimum atomic E-state index is -0.256. The van der Waals surface area contributed by atoms with Crippen molar-refractivity contribution in [2.45, 2.75) is 6.92 Å². The Morgan fingerprint density at radius 2 is 2.00 bits per heavy atom. The molecule has 0 saturated heterocycles. The zero-order valence-electron chi connectivity index (χ0n) is 8.77. The van der Waals surface area contributed by atoms with Crippen molar-refractivity contribution in [2.75, 3.05) is 0 Å².